The maximum atomic E-state index is 12.0. The zero-order valence-corrected chi connectivity index (χ0v) is 6.95. The van der Waals surface area contributed by atoms with E-state index in [1.165, 1.54) is 5.54 Å². The Bertz CT molecular complexity index is 250. The molecule has 0 saturated carbocycles. The highest BCUT2D eigenvalue weighted by molar-refractivity contribution is 6.33. The van der Waals surface area contributed by atoms with E-state index in [0.717, 1.165) is 12.0 Å². The van der Waals surface area contributed by atoms with Crippen LogP contribution < -0.4 is 5.54 Å². The molecule has 1 aromatic carbocycles. The molecular weight excluding hydrogens is 165 g/mol. The first-order valence-electron chi connectivity index (χ1n) is 3.43. The van der Waals surface area contributed by atoms with Crippen molar-refractivity contribution in [1.82, 2.24) is 0 Å². The number of nitrogens with one attached hydrogen (secondary N) is 1. The Labute approximate surface area is 70.1 Å². The highest BCUT2D eigenvalue weighted by Crippen LogP contribution is 2.22. The van der Waals surface area contributed by atoms with Crippen LogP contribution in [0.3, 0.4) is 0 Å². The molecule has 11 heavy (non-hydrogen) atoms. The van der Waals surface area contributed by atoms with E-state index in [2.05, 4.69) is 0 Å². The van der Waals surface area contributed by atoms with Gasteiger partial charge in [0.2, 0.25) is 0 Å². The van der Waals surface area contributed by atoms with Gasteiger partial charge in [-0.05, 0) is 24.1 Å². The molecule has 0 saturated heterocycles. The van der Waals surface area contributed by atoms with Gasteiger partial charge in [-0.25, -0.2) is 5.54 Å². The summed E-state index contributed by atoms with van der Waals surface area (Å²) in [4.78, 5) is 0. The second-order valence-corrected chi connectivity index (χ2v) is 2.67. The number of hydrogen-bond acceptors (Lipinski definition) is 1. The zero-order valence-electron chi connectivity index (χ0n) is 6.20. The summed E-state index contributed by atoms with van der Waals surface area (Å²) >= 11 is 5.65. The molecule has 0 aliphatic rings. The highest BCUT2D eigenvalue weighted by Gasteiger charge is 1.98. The van der Waals surface area contributed by atoms with Crippen LogP contribution in [-0.2, 0) is 6.42 Å². The predicted molar refractivity (Wildman–Crippen MR) is 45.6 cm³/mol. The van der Waals surface area contributed by atoms with Gasteiger partial charge >= 0.3 is 0 Å². The van der Waals surface area contributed by atoms with Crippen LogP contribution in [-0.4, -0.2) is 0 Å². The van der Waals surface area contributed by atoms with E-state index in [1.54, 1.807) is 12.1 Å². The van der Waals surface area contributed by atoms with Crippen molar-refractivity contribution in [2.45, 2.75) is 13.3 Å². The smallest absolute Gasteiger partial charge is 0.0844 e. The van der Waals surface area contributed by atoms with E-state index < -0.39 is 0 Å². The van der Waals surface area contributed by atoms with Crippen LogP contribution in [0.2, 0.25) is 5.02 Å². The van der Waals surface area contributed by atoms with E-state index in [4.69, 9.17) is 11.6 Å². The van der Waals surface area contributed by atoms with E-state index in [1.807, 2.05) is 13.0 Å². The van der Waals surface area contributed by atoms with Crippen LogP contribution in [0.4, 0.5) is 10.2 Å². The van der Waals surface area contributed by atoms with Crippen molar-refractivity contribution in [2.75, 3.05) is 5.54 Å². The van der Waals surface area contributed by atoms with Crippen LogP contribution in [0.25, 0.3) is 0 Å². The summed E-state index contributed by atoms with van der Waals surface area (Å²) in [6.45, 7) is 2.01. The molecule has 1 rings (SSSR count). The van der Waals surface area contributed by atoms with Gasteiger partial charge in [-0.1, -0.05) is 24.6 Å². The fraction of sp³-hybridized carbons (Fsp3) is 0.250. The van der Waals surface area contributed by atoms with Crippen LogP contribution in [0.5, 0.6) is 0 Å². The lowest BCUT2D eigenvalue weighted by atomic mass is 10.1. The van der Waals surface area contributed by atoms with Crippen molar-refractivity contribution in [2.24, 2.45) is 0 Å². The Morgan fingerprint density at radius 3 is 2.82 bits per heavy atom. The third kappa shape index (κ3) is 1.84. The summed E-state index contributed by atoms with van der Waals surface area (Å²) in [5, 5.41) is 0.407. The first-order valence-corrected chi connectivity index (χ1v) is 3.80. The summed E-state index contributed by atoms with van der Waals surface area (Å²) in [6.07, 6.45) is 0.881. The largest absolute Gasteiger partial charge is 0.223 e. The third-order valence-electron chi connectivity index (χ3n) is 1.54. The van der Waals surface area contributed by atoms with Gasteiger partial charge in [-0.3, -0.25) is 0 Å². The van der Waals surface area contributed by atoms with Crippen molar-refractivity contribution in [3.8, 4) is 0 Å². The van der Waals surface area contributed by atoms with Gasteiger partial charge < -0.3 is 0 Å². The molecule has 0 aliphatic heterocycles. The van der Waals surface area contributed by atoms with Crippen molar-refractivity contribution in [3.63, 3.8) is 0 Å². The Hall–Kier alpha value is -0.760. The molecule has 0 heterocycles. The van der Waals surface area contributed by atoms with E-state index >= 15 is 0 Å². The standard InChI is InChI=1S/C8H9ClFN/c1-2-6-3-4-7(9)8(5-6)11-10/h3-5,11H,2H2,1H3. The number of hydrogen-bond donors (Lipinski definition) is 1. The molecule has 0 atom stereocenters. The number of aryl methyl sites for hydroxylation is 1. The monoisotopic (exact) mass is 173 g/mol. The van der Waals surface area contributed by atoms with Crippen LogP contribution in [0.1, 0.15) is 12.5 Å². The number of benzene rings is 1. The first kappa shape index (κ1) is 8.34. The number of halogens is 2. The van der Waals surface area contributed by atoms with E-state index in [9.17, 15) is 4.48 Å². The van der Waals surface area contributed by atoms with E-state index in [-0.39, 0.29) is 0 Å². The lowest BCUT2D eigenvalue weighted by Gasteiger charge is -2.01. The number of anilines is 1. The van der Waals surface area contributed by atoms with Gasteiger partial charge in [0, 0.05) is 0 Å². The normalized spacial score (nSPS) is 9.73. The minimum atomic E-state index is 0.339. The maximum absolute atomic E-state index is 12.0. The summed E-state index contributed by atoms with van der Waals surface area (Å²) in [6, 6.07) is 5.26. The summed E-state index contributed by atoms with van der Waals surface area (Å²) in [5.74, 6) is 0. The molecular formula is C8H9ClFN. The van der Waals surface area contributed by atoms with Crippen LogP contribution >= 0.6 is 11.6 Å². The molecule has 0 aromatic heterocycles. The first-order chi connectivity index (χ1) is 5.27. The Morgan fingerprint density at radius 2 is 2.27 bits per heavy atom. The summed E-state index contributed by atoms with van der Waals surface area (Å²) in [5.41, 5.74) is 2.94. The molecule has 0 radical (unpaired) electrons. The fourth-order valence-corrected chi connectivity index (χ4v) is 1.02. The predicted octanol–water partition coefficient (Wildman–Crippen LogP) is 3.20. The second kappa shape index (κ2) is 3.58. The Balaban J connectivity index is 3.02. The van der Waals surface area contributed by atoms with Gasteiger partial charge in [0.25, 0.3) is 0 Å². The lowest BCUT2D eigenvalue weighted by Crippen LogP contribution is -1.86. The molecule has 0 bridgehead atoms. The summed E-state index contributed by atoms with van der Waals surface area (Å²) in [7, 11) is 0. The van der Waals surface area contributed by atoms with E-state index in [0.29, 0.717) is 10.7 Å². The quantitative estimate of drug-likeness (QED) is 0.678. The molecule has 0 aliphatic carbocycles. The van der Waals surface area contributed by atoms with Crippen LogP contribution in [0, 0.1) is 0 Å². The average molecular weight is 174 g/mol. The lowest BCUT2D eigenvalue weighted by molar-refractivity contribution is 0.617. The average Bonchev–Trinajstić information content (AvgIpc) is 2.05. The molecule has 1 aromatic rings. The maximum Gasteiger partial charge on any atom is 0.0844 e. The SMILES string of the molecule is CCc1ccc(Cl)c(NF)c1. The third-order valence-corrected chi connectivity index (χ3v) is 1.87. The van der Waals surface area contributed by atoms with Gasteiger partial charge in [0.1, 0.15) is 0 Å². The molecule has 1 nitrogen and oxygen atoms in total. The number of rotatable bonds is 2. The molecule has 0 unspecified atom stereocenters. The second-order valence-electron chi connectivity index (χ2n) is 2.26. The van der Waals surface area contributed by atoms with Crippen molar-refractivity contribution in [1.29, 1.82) is 0 Å². The molecule has 0 spiro atoms. The minimum absolute atomic E-state index is 0.339. The molecule has 0 amide bonds. The molecule has 1 N–H and O–H groups in total. The van der Waals surface area contributed by atoms with Crippen molar-refractivity contribution in [3.05, 3.63) is 28.8 Å². The molecule has 60 valence electrons. The zero-order chi connectivity index (χ0) is 8.27. The Kier molecular flexibility index (Phi) is 2.71. The summed E-state index contributed by atoms with van der Waals surface area (Å²) < 4.78 is 12.0. The fourth-order valence-electron chi connectivity index (χ4n) is 0.865. The Morgan fingerprint density at radius 1 is 1.55 bits per heavy atom. The van der Waals surface area contributed by atoms with Gasteiger partial charge in [-0.15, -0.1) is 4.48 Å². The topological polar surface area (TPSA) is 12.0 Å². The van der Waals surface area contributed by atoms with Gasteiger partial charge in [0.15, 0.2) is 0 Å². The van der Waals surface area contributed by atoms with Crippen molar-refractivity contribution < 1.29 is 4.48 Å². The molecule has 0 fully saturated rings. The van der Waals surface area contributed by atoms with Crippen molar-refractivity contribution >= 4 is 17.3 Å². The molecule has 3 heteroatoms. The van der Waals surface area contributed by atoms with Gasteiger partial charge in [-0.2, -0.15) is 0 Å². The van der Waals surface area contributed by atoms with Gasteiger partial charge in [0.05, 0.1) is 10.7 Å². The highest BCUT2D eigenvalue weighted by atomic mass is 35.5. The minimum Gasteiger partial charge on any atom is -0.223 e. The van der Waals surface area contributed by atoms with Crippen LogP contribution in [0.15, 0.2) is 18.2 Å².